The number of benzene rings is 1. The normalized spacial score (nSPS) is 14.0. The van der Waals surface area contributed by atoms with Crippen LogP contribution >= 0.6 is 0 Å². The van der Waals surface area contributed by atoms with E-state index in [0.29, 0.717) is 24.0 Å². The topological polar surface area (TPSA) is 59.0 Å². The molecule has 0 aliphatic carbocycles. The fourth-order valence-electron chi connectivity index (χ4n) is 2.07. The first-order valence-corrected chi connectivity index (χ1v) is 7.17. The van der Waals surface area contributed by atoms with Crippen molar-refractivity contribution in [2.45, 2.75) is 38.6 Å². The number of hydrogen-bond acceptors (Lipinski definition) is 4. The lowest BCUT2D eigenvalue weighted by Gasteiger charge is -2.28. The summed E-state index contributed by atoms with van der Waals surface area (Å²) >= 11 is 0. The lowest BCUT2D eigenvalue weighted by atomic mass is 10.0. The van der Waals surface area contributed by atoms with Gasteiger partial charge in [-0.25, -0.2) is 0 Å². The van der Waals surface area contributed by atoms with Gasteiger partial charge in [-0.05, 0) is 37.1 Å². The van der Waals surface area contributed by atoms with E-state index < -0.39 is 24.1 Å². The molecule has 1 aromatic rings. The van der Waals surface area contributed by atoms with Gasteiger partial charge in [0.2, 0.25) is 5.91 Å². The standard InChI is InChI=1S/C16H22F3NO4/c1-10-6-12(23-4)13(24-5)7-11(10)9-20(3)14(21)8-15(2,22)16(17,18)19/h6-7,22H,8-9H2,1-5H3/t15-/m0/s1. The molecule has 0 aliphatic rings. The lowest BCUT2D eigenvalue weighted by Crippen LogP contribution is -2.46. The number of aliphatic hydroxyl groups is 1. The number of methoxy groups -OCH3 is 2. The predicted molar refractivity (Wildman–Crippen MR) is 82.1 cm³/mol. The molecule has 0 saturated heterocycles. The first kappa shape index (κ1) is 20.1. The van der Waals surface area contributed by atoms with E-state index in [1.165, 1.54) is 21.3 Å². The minimum absolute atomic E-state index is 0.0823. The van der Waals surface area contributed by atoms with Crippen LogP contribution in [0.4, 0.5) is 13.2 Å². The van der Waals surface area contributed by atoms with E-state index in [9.17, 15) is 23.1 Å². The Kier molecular flexibility index (Phi) is 6.10. The summed E-state index contributed by atoms with van der Waals surface area (Å²) in [5, 5.41) is 9.43. The summed E-state index contributed by atoms with van der Waals surface area (Å²) in [6.45, 7) is 2.46. The van der Waals surface area contributed by atoms with Crippen LogP contribution in [0.15, 0.2) is 12.1 Å². The first-order chi connectivity index (χ1) is 10.9. The molecule has 136 valence electrons. The summed E-state index contributed by atoms with van der Waals surface area (Å²) in [6.07, 6.45) is -5.91. The summed E-state index contributed by atoms with van der Waals surface area (Å²) < 4.78 is 48.4. The number of carbonyl (C=O) groups is 1. The number of aryl methyl sites for hydroxylation is 1. The molecule has 0 radical (unpaired) electrons. The number of carbonyl (C=O) groups excluding carboxylic acids is 1. The van der Waals surface area contributed by atoms with Crippen molar-refractivity contribution < 1.29 is 32.5 Å². The number of amides is 1. The van der Waals surface area contributed by atoms with Crippen molar-refractivity contribution in [3.8, 4) is 11.5 Å². The molecule has 1 rings (SSSR count). The second-order valence-corrected chi connectivity index (χ2v) is 5.83. The van der Waals surface area contributed by atoms with Crippen LogP contribution in [0.3, 0.4) is 0 Å². The highest BCUT2D eigenvalue weighted by Gasteiger charge is 2.51. The number of alkyl halides is 3. The number of hydrogen-bond donors (Lipinski definition) is 1. The highest BCUT2D eigenvalue weighted by Crippen LogP contribution is 2.34. The van der Waals surface area contributed by atoms with Crippen LogP contribution in [0.2, 0.25) is 0 Å². The number of nitrogens with zero attached hydrogens (tertiary/aromatic N) is 1. The van der Waals surface area contributed by atoms with E-state index in [4.69, 9.17) is 9.47 Å². The van der Waals surface area contributed by atoms with Gasteiger partial charge in [0.05, 0.1) is 20.6 Å². The molecule has 0 aliphatic heterocycles. The highest BCUT2D eigenvalue weighted by atomic mass is 19.4. The van der Waals surface area contributed by atoms with Crippen LogP contribution in [0.5, 0.6) is 11.5 Å². The third kappa shape index (κ3) is 4.53. The van der Waals surface area contributed by atoms with Gasteiger partial charge in [0, 0.05) is 13.6 Å². The van der Waals surface area contributed by atoms with E-state index in [0.717, 1.165) is 10.5 Å². The van der Waals surface area contributed by atoms with E-state index in [-0.39, 0.29) is 6.54 Å². The Balaban J connectivity index is 2.92. The molecule has 5 nitrogen and oxygen atoms in total. The molecule has 24 heavy (non-hydrogen) atoms. The predicted octanol–water partition coefficient (Wildman–Crippen LogP) is 2.67. The van der Waals surface area contributed by atoms with Crippen LogP contribution in [0.25, 0.3) is 0 Å². The fourth-order valence-corrected chi connectivity index (χ4v) is 2.07. The molecular formula is C16H22F3NO4. The molecule has 0 fully saturated rings. The van der Waals surface area contributed by atoms with Crippen molar-refractivity contribution in [2.75, 3.05) is 21.3 Å². The zero-order valence-electron chi connectivity index (χ0n) is 14.3. The van der Waals surface area contributed by atoms with Crippen molar-refractivity contribution in [1.82, 2.24) is 4.90 Å². The van der Waals surface area contributed by atoms with Gasteiger partial charge in [-0.15, -0.1) is 0 Å². The van der Waals surface area contributed by atoms with Gasteiger partial charge in [0.1, 0.15) is 0 Å². The Labute approximate surface area is 139 Å². The van der Waals surface area contributed by atoms with E-state index >= 15 is 0 Å². The monoisotopic (exact) mass is 349 g/mol. The molecule has 0 saturated carbocycles. The van der Waals surface area contributed by atoms with Crippen molar-refractivity contribution >= 4 is 5.91 Å². The Morgan fingerprint density at radius 3 is 2.17 bits per heavy atom. The van der Waals surface area contributed by atoms with Crippen LogP contribution in [0, 0.1) is 6.92 Å². The maximum Gasteiger partial charge on any atom is 0.417 e. The minimum atomic E-state index is -4.87. The third-order valence-electron chi connectivity index (χ3n) is 3.78. The SMILES string of the molecule is COc1cc(C)c(CN(C)C(=O)C[C@](C)(O)C(F)(F)F)cc1OC. The second kappa shape index (κ2) is 7.29. The summed E-state index contributed by atoms with van der Waals surface area (Å²) in [6, 6.07) is 3.39. The van der Waals surface area contributed by atoms with Crippen LogP contribution in [-0.2, 0) is 11.3 Å². The van der Waals surface area contributed by atoms with Gasteiger partial charge in [-0.2, -0.15) is 13.2 Å². The van der Waals surface area contributed by atoms with Gasteiger partial charge in [-0.1, -0.05) is 0 Å². The van der Waals surface area contributed by atoms with Crippen LogP contribution in [-0.4, -0.2) is 49.0 Å². The van der Waals surface area contributed by atoms with E-state index in [2.05, 4.69) is 0 Å². The van der Waals surface area contributed by atoms with Crippen LogP contribution in [0.1, 0.15) is 24.5 Å². The summed E-state index contributed by atoms with van der Waals surface area (Å²) in [5.74, 6) is 0.167. The van der Waals surface area contributed by atoms with Gasteiger partial charge in [0.25, 0.3) is 0 Å². The second-order valence-electron chi connectivity index (χ2n) is 5.83. The summed E-state index contributed by atoms with van der Waals surface area (Å²) in [4.78, 5) is 13.1. The molecule has 1 amide bonds. The van der Waals surface area contributed by atoms with Gasteiger partial charge < -0.3 is 19.5 Å². The number of ether oxygens (including phenoxy) is 2. The molecule has 0 heterocycles. The first-order valence-electron chi connectivity index (χ1n) is 7.17. The Bertz CT molecular complexity index is 600. The average molecular weight is 349 g/mol. The largest absolute Gasteiger partial charge is 0.493 e. The third-order valence-corrected chi connectivity index (χ3v) is 3.78. The molecule has 8 heteroatoms. The molecule has 1 atom stereocenters. The summed E-state index contributed by atoms with van der Waals surface area (Å²) in [7, 11) is 4.34. The molecule has 0 unspecified atom stereocenters. The Morgan fingerprint density at radius 1 is 1.21 bits per heavy atom. The fraction of sp³-hybridized carbons (Fsp3) is 0.562. The average Bonchev–Trinajstić information content (AvgIpc) is 2.46. The Morgan fingerprint density at radius 2 is 1.71 bits per heavy atom. The van der Waals surface area contributed by atoms with Gasteiger partial charge in [-0.3, -0.25) is 4.79 Å². The van der Waals surface area contributed by atoms with Crippen molar-refractivity contribution in [3.63, 3.8) is 0 Å². The van der Waals surface area contributed by atoms with Crippen LogP contribution < -0.4 is 9.47 Å². The maximum atomic E-state index is 12.7. The van der Waals surface area contributed by atoms with E-state index in [1.54, 1.807) is 19.1 Å². The van der Waals surface area contributed by atoms with Gasteiger partial charge >= 0.3 is 6.18 Å². The minimum Gasteiger partial charge on any atom is -0.493 e. The van der Waals surface area contributed by atoms with Gasteiger partial charge in [0.15, 0.2) is 17.1 Å². The van der Waals surface area contributed by atoms with Crippen molar-refractivity contribution in [1.29, 1.82) is 0 Å². The Hall–Kier alpha value is -1.96. The molecule has 0 spiro atoms. The molecular weight excluding hydrogens is 327 g/mol. The zero-order valence-corrected chi connectivity index (χ0v) is 14.3. The zero-order chi connectivity index (χ0) is 18.7. The van der Waals surface area contributed by atoms with Crippen molar-refractivity contribution in [3.05, 3.63) is 23.3 Å². The molecule has 0 aromatic heterocycles. The quantitative estimate of drug-likeness (QED) is 0.858. The summed E-state index contributed by atoms with van der Waals surface area (Å²) in [5.41, 5.74) is -1.56. The maximum absolute atomic E-state index is 12.7. The smallest absolute Gasteiger partial charge is 0.417 e. The van der Waals surface area contributed by atoms with E-state index in [1.807, 2.05) is 0 Å². The molecule has 0 bridgehead atoms. The lowest BCUT2D eigenvalue weighted by molar-refractivity contribution is -0.254. The number of halogens is 3. The highest BCUT2D eigenvalue weighted by molar-refractivity contribution is 5.77. The number of rotatable bonds is 6. The van der Waals surface area contributed by atoms with Crippen molar-refractivity contribution in [2.24, 2.45) is 0 Å². The molecule has 1 aromatic carbocycles. The molecule has 1 N–H and O–H groups in total.